The van der Waals surface area contributed by atoms with Crippen LogP contribution in [0.5, 0.6) is 0 Å². The molecule has 1 N–H and O–H groups in total. The first kappa shape index (κ1) is 23.3. The van der Waals surface area contributed by atoms with Crippen molar-refractivity contribution in [2.45, 2.75) is 17.6 Å². The minimum Gasteiger partial charge on any atom is -0.350 e. The number of anilines is 1. The third-order valence-corrected chi connectivity index (χ3v) is 6.27. The lowest BCUT2D eigenvalue weighted by atomic mass is 10.1. The number of para-hydroxylation sites is 1. The van der Waals surface area contributed by atoms with Gasteiger partial charge in [-0.2, -0.15) is 13.2 Å². The van der Waals surface area contributed by atoms with Gasteiger partial charge in [-0.1, -0.05) is 30.3 Å². The SMILES string of the molecule is O=C(CN(c1ccccc1)S(=O)(=O)c1ccc(F)cc1)NCc1cccc(C(F)(F)F)c1. The molecule has 0 aromatic heterocycles. The fourth-order valence-corrected chi connectivity index (χ4v) is 4.31. The number of amides is 1. The van der Waals surface area contributed by atoms with Crippen LogP contribution in [0.1, 0.15) is 11.1 Å². The fourth-order valence-electron chi connectivity index (χ4n) is 2.89. The van der Waals surface area contributed by atoms with E-state index in [1.807, 2.05) is 0 Å². The number of halogens is 4. The van der Waals surface area contributed by atoms with Gasteiger partial charge in [0.25, 0.3) is 10.0 Å². The zero-order chi connectivity index (χ0) is 23.4. The zero-order valence-corrected chi connectivity index (χ0v) is 17.3. The van der Waals surface area contributed by atoms with E-state index in [9.17, 15) is 30.8 Å². The number of carbonyl (C=O) groups excluding carboxylic acids is 1. The highest BCUT2D eigenvalue weighted by Gasteiger charge is 2.30. The predicted octanol–water partition coefficient (Wildman–Crippen LogP) is 4.36. The molecule has 0 aliphatic heterocycles. The minimum absolute atomic E-state index is 0.200. The van der Waals surface area contributed by atoms with Crippen molar-refractivity contribution in [2.75, 3.05) is 10.8 Å². The molecule has 0 bridgehead atoms. The third-order valence-electron chi connectivity index (χ3n) is 4.48. The van der Waals surface area contributed by atoms with Crippen molar-refractivity contribution in [3.8, 4) is 0 Å². The Bertz CT molecular complexity index is 1180. The van der Waals surface area contributed by atoms with E-state index in [0.717, 1.165) is 40.7 Å². The van der Waals surface area contributed by atoms with E-state index < -0.39 is 40.0 Å². The summed E-state index contributed by atoms with van der Waals surface area (Å²) in [5.74, 6) is -1.34. The van der Waals surface area contributed by atoms with Crippen molar-refractivity contribution in [2.24, 2.45) is 0 Å². The molecule has 5 nitrogen and oxygen atoms in total. The van der Waals surface area contributed by atoms with Gasteiger partial charge in [-0.25, -0.2) is 12.8 Å². The number of hydrogen-bond donors (Lipinski definition) is 1. The Morgan fingerprint density at radius 3 is 2.19 bits per heavy atom. The molecule has 0 aliphatic rings. The Kier molecular flexibility index (Phi) is 6.83. The number of nitrogens with one attached hydrogen (secondary N) is 1. The molecular weight excluding hydrogens is 448 g/mol. The molecule has 0 heterocycles. The molecule has 0 unspecified atom stereocenters. The normalized spacial score (nSPS) is 11.8. The van der Waals surface area contributed by atoms with Gasteiger partial charge in [0.2, 0.25) is 5.91 Å². The smallest absolute Gasteiger partial charge is 0.350 e. The largest absolute Gasteiger partial charge is 0.416 e. The summed E-state index contributed by atoms with van der Waals surface area (Å²) >= 11 is 0. The van der Waals surface area contributed by atoms with Crippen LogP contribution in [0.3, 0.4) is 0 Å². The van der Waals surface area contributed by atoms with Crippen molar-refractivity contribution in [3.05, 3.63) is 95.8 Å². The Morgan fingerprint density at radius 1 is 0.906 bits per heavy atom. The number of rotatable bonds is 7. The number of alkyl halides is 3. The summed E-state index contributed by atoms with van der Waals surface area (Å²) in [6.45, 7) is -0.843. The molecule has 3 aromatic carbocycles. The molecule has 0 aliphatic carbocycles. The summed E-state index contributed by atoms with van der Waals surface area (Å²) in [5.41, 5.74) is -0.444. The maximum atomic E-state index is 13.2. The zero-order valence-electron chi connectivity index (χ0n) is 16.5. The average molecular weight is 466 g/mol. The minimum atomic E-state index is -4.52. The highest BCUT2D eigenvalue weighted by atomic mass is 32.2. The number of sulfonamides is 1. The molecule has 0 spiro atoms. The van der Waals surface area contributed by atoms with Crippen LogP contribution in [0, 0.1) is 5.82 Å². The molecule has 3 rings (SSSR count). The maximum absolute atomic E-state index is 13.2. The molecule has 3 aromatic rings. The van der Waals surface area contributed by atoms with Crippen LogP contribution in [0.25, 0.3) is 0 Å². The van der Waals surface area contributed by atoms with Crippen LogP contribution in [0.4, 0.5) is 23.2 Å². The lowest BCUT2D eigenvalue weighted by Crippen LogP contribution is -2.40. The van der Waals surface area contributed by atoms with Crippen LogP contribution < -0.4 is 9.62 Å². The molecular formula is C22H18F4N2O3S. The quantitative estimate of drug-likeness (QED) is 0.527. The predicted molar refractivity (Wildman–Crippen MR) is 111 cm³/mol. The standard InChI is InChI=1S/C22H18F4N2O3S/c23-18-9-11-20(12-10-18)32(30,31)28(19-7-2-1-3-8-19)15-21(29)27-14-16-5-4-6-17(13-16)22(24,25)26/h1-13H,14-15H2,(H,27,29). The Morgan fingerprint density at radius 2 is 1.56 bits per heavy atom. The molecule has 32 heavy (non-hydrogen) atoms. The van der Waals surface area contributed by atoms with Crippen molar-refractivity contribution in [1.82, 2.24) is 5.32 Å². The molecule has 0 fully saturated rings. The Hall–Kier alpha value is -3.40. The first-order chi connectivity index (χ1) is 15.1. The van der Waals surface area contributed by atoms with Crippen LogP contribution in [-0.4, -0.2) is 20.9 Å². The first-order valence-corrected chi connectivity index (χ1v) is 10.8. The molecule has 10 heteroatoms. The van der Waals surface area contributed by atoms with Crippen molar-refractivity contribution in [1.29, 1.82) is 0 Å². The molecule has 168 valence electrons. The molecule has 0 radical (unpaired) electrons. The van der Waals surface area contributed by atoms with E-state index in [4.69, 9.17) is 0 Å². The van der Waals surface area contributed by atoms with E-state index in [0.29, 0.717) is 0 Å². The molecule has 0 atom stereocenters. The van der Waals surface area contributed by atoms with E-state index in [-0.39, 0.29) is 22.7 Å². The van der Waals surface area contributed by atoms with Crippen LogP contribution in [0.2, 0.25) is 0 Å². The molecule has 1 amide bonds. The van der Waals surface area contributed by atoms with Gasteiger partial charge < -0.3 is 5.32 Å². The third kappa shape index (κ3) is 5.64. The summed E-state index contributed by atoms with van der Waals surface area (Å²) in [5, 5.41) is 2.44. The van der Waals surface area contributed by atoms with Crippen molar-refractivity contribution >= 4 is 21.6 Å². The van der Waals surface area contributed by atoms with E-state index in [1.54, 1.807) is 18.2 Å². The Labute approximate surface area is 182 Å². The molecule has 0 saturated carbocycles. The Balaban J connectivity index is 1.80. The maximum Gasteiger partial charge on any atom is 0.416 e. The van der Waals surface area contributed by atoms with Gasteiger partial charge >= 0.3 is 6.18 Å². The highest BCUT2D eigenvalue weighted by molar-refractivity contribution is 7.92. The number of carbonyl (C=O) groups is 1. The van der Waals surface area contributed by atoms with Gasteiger partial charge in [0.1, 0.15) is 12.4 Å². The van der Waals surface area contributed by atoms with Gasteiger partial charge in [-0.3, -0.25) is 9.10 Å². The summed E-state index contributed by atoms with van der Waals surface area (Å²) in [7, 11) is -4.22. The number of benzene rings is 3. The van der Waals surface area contributed by atoms with Crippen molar-refractivity contribution in [3.63, 3.8) is 0 Å². The van der Waals surface area contributed by atoms with Gasteiger partial charge in [0.05, 0.1) is 16.1 Å². The lowest BCUT2D eigenvalue weighted by molar-refractivity contribution is -0.137. The second-order valence-corrected chi connectivity index (χ2v) is 8.64. The van der Waals surface area contributed by atoms with Crippen molar-refractivity contribution < 1.29 is 30.8 Å². The summed E-state index contributed by atoms with van der Waals surface area (Å²) in [4.78, 5) is 12.3. The van der Waals surface area contributed by atoms with Crippen LogP contribution >= 0.6 is 0 Å². The summed E-state index contributed by atoms with van der Waals surface area (Å²) < 4.78 is 78.9. The second-order valence-electron chi connectivity index (χ2n) is 6.78. The van der Waals surface area contributed by atoms with E-state index in [2.05, 4.69) is 5.32 Å². The average Bonchev–Trinajstić information content (AvgIpc) is 2.76. The van der Waals surface area contributed by atoms with E-state index >= 15 is 0 Å². The summed E-state index contributed by atoms with van der Waals surface area (Å²) in [6, 6.07) is 16.4. The van der Waals surface area contributed by atoms with Crippen LogP contribution in [0.15, 0.2) is 83.8 Å². The molecule has 0 saturated heterocycles. The lowest BCUT2D eigenvalue weighted by Gasteiger charge is -2.24. The van der Waals surface area contributed by atoms with Gasteiger partial charge in [0, 0.05) is 6.54 Å². The van der Waals surface area contributed by atoms with Gasteiger partial charge in [0.15, 0.2) is 0 Å². The van der Waals surface area contributed by atoms with Crippen LogP contribution in [-0.2, 0) is 27.5 Å². The highest BCUT2D eigenvalue weighted by Crippen LogP contribution is 2.29. The second kappa shape index (κ2) is 9.39. The van der Waals surface area contributed by atoms with E-state index in [1.165, 1.54) is 24.3 Å². The fraction of sp³-hybridized carbons (Fsp3) is 0.136. The first-order valence-electron chi connectivity index (χ1n) is 9.33. The topological polar surface area (TPSA) is 66.5 Å². The monoisotopic (exact) mass is 466 g/mol. The number of hydrogen-bond acceptors (Lipinski definition) is 3. The summed E-state index contributed by atoms with van der Waals surface area (Å²) in [6.07, 6.45) is -4.52. The number of nitrogens with zero attached hydrogens (tertiary/aromatic N) is 1. The van der Waals surface area contributed by atoms with Gasteiger partial charge in [-0.15, -0.1) is 0 Å². The van der Waals surface area contributed by atoms with Gasteiger partial charge in [-0.05, 0) is 54.1 Å².